The van der Waals surface area contributed by atoms with Crippen molar-refractivity contribution in [1.29, 1.82) is 0 Å². The van der Waals surface area contributed by atoms with E-state index < -0.39 is 0 Å². The predicted octanol–water partition coefficient (Wildman–Crippen LogP) is 3.25. The summed E-state index contributed by atoms with van der Waals surface area (Å²) in [6, 6.07) is 6.18. The minimum absolute atomic E-state index is 0.0817. The summed E-state index contributed by atoms with van der Waals surface area (Å²) in [5, 5.41) is 0. The van der Waals surface area contributed by atoms with Gasteiger partial charge in [0.1, 0.15) is 5.75 Å². The molecule has 0 bridgehead atoms. The molecule has 1 amide bonds. The number of rotatable bonds is 5. The molecule has 0 N–H and O–H groups in total. The maximum absolute atomic E-state index is 11.0. The Morgan fingerprint density at radius 3 is 2.71 bits per heavy atom. The molecule has 4 heteroatoms. The number of ether oxygens (including phenoxy) is 1. The quantitative estimate of drug-likeness (QED) is 0.617. The summed E-state index contributed by atoms with van der Waals surface area (Å²) in [6.07, 6.45) is 1.80. The minimum Gasteiger partial charge on any atom is -0.496 e. The molecule has 1 aromatic rings. The van der Waals surface area contributed by atoms with Gasteiger partial charge in [-0.05, 0) is 30.0 Å². The zero-order chi connectivity index (χ0) is 12.8. The Hall–Kier alpha value is -1.03. The van der Waals surface area contributed by atoms with E-state index in [0.29, 0.717) is 6.54 Å². The average Bonchev–Trinajstić information content (AvgIpc) is 2.35. The van der Waals surface area contributed by atoms with Crippen LogP contribution in [0.5, 0.6) is 5.75 Å². The number of carbonyl (C=O) groups excluding carboxylic acids is 1. The summed E-state index contributed by atoms with van der Waals surface area (Å²) in [4.78, 5) is 12.6. The van der Waals surface area contributed by atoms with E-state index in [0.717, 1.165) is 18.6 Å². The molecule has 0 aliphatic rings. The van der Waals surface area contributed by atoms with Crippen molar-refractivity contribution < 1.29 is 9.53 Å². The molecule has 0 spiro atoms. The number of methoxy groups -OCH3 is 1. The predicted molar refractivity (Wildman–Crippen MR) is 73.0 cm³/mol. The second kappa shape index (κ2) is 6.64. The van der Waals surface area contributed by atoms with Crippen LogP contribution >= 0.6 is 15.9 Å². The number of likely N-dealkylation sites (N-methyl/N-ethyl adjacent to an activating group) is 1. The van der Waals surface area contributed by atoms with Crippen LogP contribution in [-0.2, 0) is 12.8 Å². The van der Waals surface area contributed by atoms with E-state index in [1.54, 1.807) is 19.1 Å². The molecule has 0 aliphatic carbocycles. The van der Waals surface area contributed by atoms with E-state index in [4.69, 9.17) is 4.74 Å². The van der Waals surface area contributed by atoms with Gasteiger partial charge in [0.15, 0.2) is 0 Å². The van der Waals surface area contributed by atoms with Gasteiger partial charge < -0.3 is 9.64 Å². The van der Waals surface area contributed by atoms with Gasteiger partial charge in [-0.15, -0.1) is 0 Å². The first kappa shape index (κ1) is 14.0. The van der Waals surface area contributed by atoms with Gasteiger partial charge >= 0.3 is 0 Å². The average molecular weight is 300 g/mol. The van der Waals surface area contributed by atoms with Gasteiger partial charge in [0.05, 0.1) is 7.11 Å². The molecule has 94 valence electrons. The fraction of sp³-hybridized carbons (Fsp3) is 0.462. The van der Waals surface area contributed by atoms with Gasteiger partial charge in [0, 0.05) is 29.5 Å². The molecule has 0 aliphatic heterocycles. The van der Waals surface area contributed by atoms with Crippen LogP contribution in [-0.4, -0.2) is 30.4 Å². The Morgan fingerprint density at radius 1 is 1.47 bits per heavy atom. The molecule has 1 aromatic carbocycles. The molecule has 0 unspecified atom stereocenters. The summed E-state index contributed by atoms with van der Waals surface area (Å²) in [5.41, 5.74) is 2.43. The Kier molecular flexibility index (Phi) is 5.48. The fourth-order valence-corrected chi connectivity index (χ4v) is 1.83. The van der Waals surface area contributed by atoms with Gasteiger partial charge in [0.25, 0.3) is 4.82 Å². The number of hydrogen-bond donors (Lipinski definition) is 0. The lowest BCUT2D eigenvalue weighted by atomic mass is 10.1. The van der Waals surface area contributed by atoms with Crippen LogP contribution in [0, 0.1) is 0 Å². The van der Waals surface area contributed by atoms with Gasteiger partial charge in [0.2, 0.25) is 0 Å². The van der Waals surface area contributed by atoms with Crippen molar-refractivity contribution in [3.05, 3.63) is 29.3 Å². The molecular weight excluding hydrogens is 282 g/mol. The zero-order valence-electron chi connectivity index (χ0n) is 10.5. The van der Waals surface area contributed by atoms with Crippen LogP contribution in [0.25, 0.3) is 0 Å². The van der Waals surface area contributed by atoms with Gasteiger partial charge in [-0.2, -0.15) is 0 Å². The second-order valence-corrected chi connectivity index (χ2v) is 4.60. The molecule has 1 rings (SSSR count). The van der Waals surface area contributed by atoms with E-state index in [2.05, 4.69) is 28.9 Å². The molecular formula is C13H18BrNO2. The number of halogens is 1. The molecule has 0 atom stereocenters. The first-order valence-corrected chi connectivity index (χ1v) is 6.44. The SMILES string of the molecule is CCc1cc(CCN(C)C(=O)Br)ccc1OC. The summed E-state index contributed by atoms with van der Waals surface area (Å²) >= 11 is 2.93. The molecule has 0 heterocycles. The molecule has 3 nitrogen and oxygen atoms in total. The number of amides is 1. The summed E-state index contributed by atoms with van der Waals surface area (Å²) in [5.74, 6) is 0.932. The van der Waals surface area contributed by atoms with E-state index in [9.17, 15) is 4.79 Å². The number of benzene rings is 1. The summed E-state index contributed by atoms with van der Waals surface area (Å²) in [6.45, 7) is 2.81. The van der Waals surface area contributed by atoms with E-state index >= 15 is 0 Å². The smallest absolute Gasteiger partial charge is 0.289 e. The number of aryl methyl sites for hydroxylation is 1. The third-order valence-electron chi connectivity index (χ3n) is 2.76. The highest BCUT2D eigenvalue weighted by molar-refractivity contribution is 9.18. The van der Waals surface area contributed by atoms with Crippen LogP contribution in [0.2, 0.25) is 0 Å². The molecule has 0 aromatic heterocycles. The Morgan fingerprint density at radius 2 is 2.18 bits per heavy atom. The maximum atomic E-state index is 11.0. The molecule has 17 heavy (non-hydrogen) atoms. The third kappa shape index (κ3) is 4.04. The topological polar surface area (TPSA) is 29.5 Å². The van der Waals surface area contributed by atoms with E-state index in [1.807, 2.05) is 12.1 Å². The van der Waals surface area contributed by atoms with Crippen molar-refractivity contribution in [2.45, 2.75) is 19.8 Å². The highest BCUT2D eigenvalue weighted by atomic mass is 79.9. The van der Waals surface area contributed by atoms with Crippen LogP contribution in [0.3, 0.4) is 0 Å². The first-order valence-electron chi connectivity index (χ1n) is 5.64. The standard InChI is InChI=1S/C13H18BrNO2/c1-4-11-9-10(5-6-12(11)17-3)7-8-15(2)13(14)16/h5-6,9H,4,7-8H2,1-3H3. The van der Waals surface area contributed by atoms with Gasteiger partial charge in [-0.1, -0.05) is 19.1 Å². The summed E-state index contributed by atoms with van der Waals surface area (Å²) in [7, 11) is 3.47. The first-order chi connectivity index (χ1) is 8.08. The highest BCUT2D eigenvalue weighted by Gasteiger charge is 2.06. The minimum atomic E-state index is -0.0817. The molecule has 0 fully saturated rings. The van der Waals surface area contributed by atoms with Crippen molar-refractivity contribution >= 4 is 20.7 Å². The lowest BCUT2D eigenvalue weighted by Gasteiger charge is -2.14. The van der Waals surface area contributed by atoms with E-state index in [-0.39, 0.29) is 4.82 Å². The van der Waals surface area contributed by atoms with Crippen molar-refractivity contribution in [1.82, 2.24) is 4.90 Å². The fourth-order valence-electron chi connectivity index (χ4n) is 1.65. The monoisotopic (exact) mass is 299 g/mol. The molecule has 0 saturated carbocycles. The van der Waals surface area contributed by atoms with Crippen LogP contribution < -0.4 is 4.74 Å². The van der Waals surface area contributed by atoms with Crippen molar-refractivity contribution in [3.8, 4) is 5.75 Å². The van der Waals surface area contributed by atoms with Gasteiger partial charge in [-0.3, -0.25) is 4.79 Å². The van der Waals surface area contributed by atoms with Crippen LogP contribution in [0.15, 0.2) is 18.2 Å². The van der Waals surface area contributed by atoms with Crippen molar-refractivity contribution in [3.63, 3.8) is 0 Å². The lowest BCUT2D eigenvalue weighted by Crippen LogP contribution is -2.23. The normalized spacial score (nSPS) is 10.1. The zero-order valence-corrected chi connectivity index (χ0v) is 12.1. The van der Waals surface area contributed by atoms with Gasteiger partial charge in [-0.25, -0.2) is 0 Å². The van der Waals surface area contributed by atoms with Crippen molar-refractivity contribution in [2.24, 2.45) is 0 Å². The number of carbonyl (C=O) groups is 1. The molecule has 0 radical (unpaired) electrons. The maximum Gasteiger partial charge on any atom is 0.289 e. The van der Waals surface area contributed by atoms with Crippen molar-refractivity contribution in [2.75, 3.05) is 20.7 Å². The molecule has 0 saturated heterocycles. The Bertz CT molecular complexity index is 393. The Balaban J connectivity index is 2.69. The van der Waals surface area contributed by atoms with Crippen LogP contribution in [0.1, 0.15) is 18.1 Å². The second-order valence-electron chi connectivity index (χ2n) is 3.92. The summed E-state index contributed by atoms with van der Waals surface area (Å²) < 4.78 is 5.28. The third-order valence-corrected chi connectivity index (χ3v) is 3.37. The number of hydrogen-bond acceptors (Lipinski definition) is 2. The van der Waals surface area contributed by atoms with Crippen LogP contribution in [0.4, 0.5) is 4.79 Å². The van der Waals surface area contributed by atoms with E-state index in [1.165, 1.54) is 11.1 Å². The largest absolute Gasteiger partial charge is 0.496 e. The highest BCUT2D eigenvalue weighted by Crippen LogP contribution is 2.20. The Labute approximate surface area is 111 Å². The lowest BCUT2D eigenvalue weighted by molar-refractivity contribution is 0.235. The number of nitrogens with zero attached hydrogens (tertiary/aromatic N) is 1.